The Morgan fingerprint density at radius 2 is 1.83 bits per heavy atom. The number of hydrogen-bond donors (Lipinski definition) is 0. The van der Waals surface area contributed by atoms with Gasteiger partial charge in [-0.15, -0.1) is 0 Å². The number of hydrogen-bond acceptors (Lipinski definition) is 1. The van der Waals surface area contributed by atoms with E-state index in [0.29, 0.717) is 16.1 Å². The number of rotatable bonds is 2. The monoisotopic (exact) mass is 390 g/mol. The third-order valence-corrected chi connectivity index (χ3v) is 3.79. The van der Waals surface area contributed by atoms with Gasteiger partial charge in [-0.3, -0.25) is 4.79 Å². The van der Waals surface area contributed by atoms with Gasteiger partial charge in [0.1, 0.15) is 5.82 Å². The summed E-state index contributed by atoms with van der Waals surface area (Å²) in [6.45, 7) is 0. The second-order valence-corrected chi connectivity index (χ2v) is 5.76. The molecule has 18 heavy (non-hydrogen) atoms. The van der Waals surface area contributed by atoms with Crippen molar-refractivity contribution in [3.8, 4) is 0 Å². The van der Waals surface area contributed by atoms with Crippen molar-refractivity contribution in [1.29, 1.82) is 0 Å². The number of benzene rings is 2. The second-order valence-electron chi connectivity index (χ2n) is 3.58. The molecule has 0 radical (unpaired) electrons. The van der Waals surface area contributed by atoms with Gasteiger partial charge in [0.2, 0.25) is 0 Å². The fourth-order valence-electron chi connectivity index (χ4n) is 1.46. The van der Waals surface area contributed by atoms with Crippen LogP contribution in [0.3, 0.4) is 0 Å². The van der Waals surface area contributed by atoms with Crippen molar-refractivity contribution in [2.45, 2.75) is 0 Å². The predicted molar refractivity (Wildman–Crippen MR) is 76.7 cm³/mol. The number of carbonyl (C=O) groups excluding carboxylic acids is 1. The molecule has 0 spiro atoms. The molecule has 0 unspecified atom stereocenters. The summed E-state index contributed by atoms with van der Waals surface area (Å²) < 4.78 is 14.1. The molecule has 2 aromatic carbocycles. The van der Waals surface area contributed by atoms with Crippen LogP contribution in [0.25, 0.3) is 0 Å². The van der Waals surface area contributed by atoms with Gasteiger partial charge in [0, 0.05) is 15.6 Å². The van der Waals surface area contributed by atoms with E-state index in [-0.39, 0.29) is 10.3 Å². The van der Waals surface area contributed by atoms with Crippen molar-refractivity contribution in [1.82, 2.24) is 0 Å². The van der Waals surface area contributed by atoms with Crippen molar-refractivity contribution in [3.63, 3.8) is 0 Å². The SMILES string of the molecule is O=C(c1ccc(F)c(Br)c1)c1cc(Br)ccc1Cl. The van der Waals surface area contributed by atoms with Crippen LogP contribution in [-0.4, -0.2) is 5.78 Å². The molecule has 0 bridgehead atoms. The highest BCUT2D eigenvalue weighted by Crippen LogP contribution is 2.25. The van der Waals surface area contributed by atoms with Gasteiger partial charge in [-0.1, -0.05) is 27.5 Å². The minimum absolute atomic E-state index is 0.248. The Morgan fingerprint density at radius 1 is 1.11 bits per heavy atom. The van der Waals surface area contributed by atoms with E-state index in [2.05, 4.69) is 31.9 Å². The summed E-state index contributed by atoms with van der Waals surface area (Å²) in [6, 6.07) is 9.14. The molecule has 0 fully saturated rings. The van der Waals surface area contributed by atoms with Gasteiger partial charge in [0.25, 0.3) is 0 Å². The van der Waals surface area contributed by atoms with Crippen LogP contribution in [0.1, 0.15) is 15.9 Å². The van der Waals surface area contributed by atoms with Gasteiger partial charge in [0.15, 0.2) is 5.78 Å². The molecule has 0 heterocycles. The summed E-state index contributed by atoms with van der Waals surface area (Å²) in [5.41, 5.74) is 0.757. The van der Waals surface area contributed by atoms with Gasteiger partial charge < -0.3 is 0 Å². The number of halogens is 4. The maximum atomic E-state index is 13.1. The quantitative estimate of drug-likeness (QED) is 0.639. The third-order valence-electron chi connectivity index (χ3n) is 2.35. The fourth-order valence-corrected chi connectivity index (χ4v) is 2.41. The van der Waals surface area contributed by atoms with Crippen LogP contribution in [-0.2, 0) is 0 Å². The van der Waals surface area contributed by atoms with E-state index in [1.807, 2.05) is 0 Å². The Balaban J connectivity index is 2.47. The van der Waals surface area contributed by atoms with Crippen LogP contribution < -0.4 is 0 Å². The van der Waals surface area contributed by atoms with Crippen LogP contribution in [0.15, 0.2) is 45.3 Å². The van der Waals surface area contributed by atoms with Crippen molar-refractivity contribution in [3.05, 3.63) is 67.3 Å². The summed E-state index contributed by atoms with van der Waals surface area (Å²) in [4.78, 5) is 12.2. The number of carbonyl (C=O) groups is 1. The highest BCUT2D eigenvalue weighted by molar-refractivity contribution is 9.10. The summed E-state index contributed by atoms with van der Waals surface area (Å²) >= 11 is 12.3. The van der Waals surface area contributed by atoms with Crippen LogP contribution in [0, 0.1) is 5.82 Å². The zero-order chi connectivity index (χ0) is 13.3. The molecular weight excluding hydrogens is 386 g/mol. The molecule has 2 aromatic rings. The first-order valence-corrected chi connectivity index (χ1v) is 6.90. The lowest BCUT2D eigenvalue weighted by Crippen LogP contribution is -2.02. The molecule has 92 valence electrons. The Labute approximate surface area is 125 Å². The molecule has 0 amide bonds. The largest absolute Gasteiger partial charge is 0.289 e. The van der Waals surface area contributed by atoms with E-state index < -0.39 is 5.82 Å². The molecule has 0 atom stereocenters. The highest BCUT2D eigenvalue weighted by atomic mass is 79.9. The van der Waals surface area contributed by atoms with Crippen molar-refractivity contribution in [2.24, 2.45) is 0 Å². The topological polar surface area (TPSA) is 17.1 Å². The molecule has 0 saturated carbocycles. The molecule has 5 heteroatoms. The van der Waals surface area contributed by atoms with Gasteiger partial charge in [-0.2, -0.15) is 0 Å². The van der Waals surface area contributed by atoms with Crippen molar-refractivity contribution >= 4 is 49.2 Å². The molecule has 0 aliphatic rings. The fraction of sp³-hybridized carbons (Fsp3) is 0. The first-order valence-electron chi connectivity index (χ1n) is 4.94. The van der Waals surface area contributed by atoms with Gasteiger partial charge in [-0.05, 0) is 52.3 Å². The zero-order valence-corrected chi connectivity index (χ0v) is 12.8. The zero-order valence-electron chi connectivity index (χ0n) is 8.88. The van der Waals surface area contributed by atoms with Gasteiger partial charge >= 0.3 is 0 Å². The smallest absolute Gasteiger partial charge is 0.194 e. The van der Waals surface area contributed by atoms with E-state index in [1.165, 1.54) is 18.2 Å². The summed E-state index contributed by atoms with van der Waals surface area (Å²) in [5.74, 6) is -0.658. The molecular formula is C13H6Br2ClFO. The van der Waals surface area contributed by atoms with E-state index in [4.69, 9.17) is 11.6 Å². The molecule has 0 aliphatic carbocycles. The average molecular weight is 392 g/mol. The van der Waals surface area contributed by atoms with Crippen LogP contribution >= 0.6 is 43.5 Å². The third kappa shape index (κ3) is 2.82. The molecule has 0 N–H and O–H groups in total. The lowest BCUT2D eigenvalue weighted by atomic mass is 10.0. The Morgan fingerprint density at radius 3 is 2.50 bits per heavy atom. The maximum Gasteiger partial charge on any atom is 0.194 e. The second kappa shape index (κ2) is 5.51. The molecule has 0 saturated heterocycles. The molecule has 1 nitrogen and oxygen atoms in total. The summed E-state index contributed by atoms with van der Waals surface area (Å²) in [7, 11) is 0. The normalized spacial score (nSPS) is 10.4. The van der Waals surface area contributed by atoms with Crippen LogP contribution in [0.5, 0.6) is 0 Å². The molecule has 0 aliphatic heterocycles. The maximum absolute atomic E-state index is 13.1. The summed E-state index contributed by atoms with van der Waals surface area (Å²) in [6.07, 6.45) is 0. The van der Waals surface area contributed by atoms with Crippen LogP contribution in [0.4, 0.5) is 4.39 Å². The van der Waals surface area contributed by atoms with Crippen LogP contribution in [0.2, 0.25) is 5.02 Å². The Hall–Kier alpha value is -0.710. The Bertz CT molecular complexity index is 628. The molecule has 0 aromatic heterocycles. The molecule has 2 rings (SSSR count). The first-order chi connectivity index (χ1) is 8.49. The predicted octanol–water partition coefficient (Wildman–Crippen LogP) is 5.24. The van der Waals surface area contributed by atoms with E-state index >= 15 is 0 Å². The Kier molecular flexibility index (Phi) is 4.20. The van der Waals surface area contributed by atoms with E-state index in [1.54, 1.807) is 18.2 Å². The minimum atomic E-state index is -0.410. The van der Waals surface area contributed by atoms with Gasteiger partial charge in [0.05, 0.1) is 9.50 Å². The summed E-state index contributed by atoms with van der Waals surface area (Å²) in [5, 5.41) is 0.364. The van der Waals surface area contributed by atoms with E-state index in [0.717, 1.165) is 4.47 Å². The highest BCUT2D eigenvalue weighted by Gasteiger charge is 2.14. The van der Waals surface area contributed by atoms with Crippen molar-refractivity contribution < 1.29 is 9.18 Å². The lowest BCUT2D eigenvalue weighted by molar-refractivity contribution is 0.103. The van der Waals surface area contributed by atoms with Gasteiger partial charge in [-0.25, -0.2) is 4.39 Å². The average Bonchev–Trinajstić information content (AvgIpc) is 2.35. The van der Waals surface area contributed by atoms with E-state index in [9.17, 15) is 9.18 Å². The first kappa shape index (κ1) is 13.7. The standard InChI is InChI=1S/C13H6Br2ClFO/c14-8-2-3-11(16)9(6-8)13(18)7-1-4-12(17)10(15)5-7/h1-6H. The lowest BCUT2D eigenvalue weighted by Gasteiger charge is -2.05. The van der Waals surface area contributed by atoms with Crippen molar-refractivity contribution in [2.75, 3.05) is 0 Å². The number of ketones is 1. The minimum Gasteiger partial charge on any atom is -0.289 e.